The maximum Gasteiger partial charge on any atom is 0.269 e. The second-order valence-electron chi connectivity index (χ2n) is 5.14. The summed E-state index contributed by atoms with van der Waals surface area (Å²) in [5, 5.41) is 20.1. The molecule has 2 aromatic heterocycles. The molecule has 0 saturated carbocycles. The topological polar surface area (TPSA) is 119 Å². The first-order valence-corrected chi connectivity index (χ1v) is 7.02. The summed E-state index contributed by atoms with van der Waals surface area (Å²) in [5.74, 6) is 1.34. The molecule has 0 unspecified atom stereocenters. The lowest BCUT2D eigenvalue weighted by Gasteiger charge is -2.09. The number of pyridine rings is 1. The standard InChI is InChI=1S/C17H12N4O3/c1-10-2-7-16(24-10)15-8-13(14(9-18)17(19)20-15)11-3-5-12(6-4-11)21(22)23/h2-8H,1H3,(H2,19,20). The predicted octanol–water partition coefficient (Wildman–Crippen LogP) is 3.68. The number of nitrogens with two attached hydrogens (primary N) is 1. The summed E-state index contributed by atoms with van der Waals surface area (Å²) in [4.78, 5) is 14.5. The Morgan fingerprint density at radius 2 is 1.96 bits per heavy atom. The highest BCUT2D eigenvalue weighted by molar-refractivity contribution is 5.79. The van der Waals surface area contributed by atoms with E-state index in [-0.39, 0.29) is 17.1 Å². The number of benzene rings is 1. The molecule has 0 radical (unpaired) electrons. The molecule has 0 spiro atoms. The van der Waals surface area contributed by atoms with E-state index in [1.54, 1.807) is 30.3 Å². The van der Waals surface area contributed by atoms with E-state index in [1.165, 1.54) is 12.1 Å². The zero-order chi connectivity index (χ0) is 17.3. The summed E-state index contributed by atoms with van der Waals surface area (Å²) in [6, 6.07) is 13.2. The summed E-state index contributed by atoms with van der Waals surface area (Å²) in [5.41, 5.74) is 7.77. The van der Waals surface area contributed by atoms with Crippen LogP contribution in [0.1, 0.15) is 11.3 Å². The van der Waals surface area contributed by atoms with Gasteiger partial charge in [-0.05, 0) is 42.8 Å². The van der Waals surface area contributed by atoms with E-state index in [0.717, 1.165) is 5.76 Å². The molecular weight excluding hydrogens is 308 g/mol. The molecule has 0 amide bonds. The third-order valence-corrected chi connectivity index (χ3v) is 3.54. The summed E-state index contributed by atoms with van der Waals surface area (Å²) in [7, 11) is 0. The lowest BCUT2D eigenvalue weighted by Crippen LogP contribution is -1.99. The van der Waals surface area contributed by atoms with Crippen LogP contribution in [-0.4, -0.2) is 9.91 Å². The molecule has 1 aromatic carbocycles. The molecule has 2 heterocycles. The highest BCUT2D eigenvalue weighted by atomic mass is 16.6. The van der Waals surface area contributed by atoms with Gasteiger partial charge in [-0.3, -0.25) is 10.1 Å². The maximum atomic E-state index is 10.8. The molecule has 0 aliphatic heterocycles. The monoisotopic (exact) mass is 320 g/mol. The van der Waals surface area contributed by atoms with Crippen molar-refractivity contribution >= 4 is 11.5 Å². The van der Waals surface area contributed by atoms with E-state index in [2.05, 4.69) is 4.98 Å². The van der Waals surface area contributed by atoms with E-state index >= 15 is 0 Å². The minimum absolute atomic E-state index is 0.0267. The minimum Gasteiger partial charge on any atom is -0.460 e. The van der Waals surface area contributed by atoms with Gasteiger partial charge in [-0.1, -0.05) is 0 Å². The zero-order valence-corrected chi connectivity index (χ0v) is 12.7. The highest BCUT2D eigenvalue weighted by Gasteiger charge is 2.16. The van der Waals surface area contributed by atoms with Crippen molar-refractivity contribution in [1.29, 1.82) is 5.26 Å². The molecule has 24 heavy (non-hydrogen) atoms. The van der Waals surface area contributed by atoms with E-state index in [9.17, 15) is 15.4 Å². The van der Waals surface area contributed by atoms with Crippen molar-refractivity contribution in [2.45, 2.75) is 6.92 Å². The van der Waals surface area contributed by atoms with Gasteiger partial charge in [0.1, 0.15) is 28.9 Å². The third-order valence-electron chi connectivity index (χ3n) is 3.54. The molecule has 0 saturated heterocycles. The molecule has 0 aliphatic rings. The lowest BCUT2D eigenvalue weighted by molar-refractivity contribution is -0.384. The Bertz CT molecular complexity index is 968. The normalized spacial score (nSPS) is 10.3. The molecule has 3 rings (SSSR count). The van der Waals surface area contributed by atoms with E-state index in [0.29, 0.717) is 22.6 Å². The minimum atomic E-state index is -0.479. The number of aryl methyl sites for hydroxylation is 1. The smallest absolute Gasteiger partial charge is 0.269 e. The summed E-state index contributed by atoms with van der Waals surface area (Å²) >= 11 is 0. The van der Waals surface area contributed by atoms with Gasteiger partial charge in [0.2, 0.25) is 0 Å². The van der Waals surface area contributed by atoms with Crippen LogP contribution in [0.2, 0.25) is 0 Å². The van der Waals surface area contributed by atoms with Crippen LogP contribution < -0.4 is 5.73 Å². The predicted molar refractivity (Wildman–Crippen MR) is 87.9 cm³/mol. The second-order valence-corrected chi connectivity index (χ2v) is 5.14. The van der Waals surface area contributed by atoms with Crippen molar-refractivity contribution in [2.24, 2.45) is 0 Å². The van der Waals surface area contributed by atoms with Crippen LogP contribution in [0.5, 0.6) is 0 Å². The molecule has 3 aromatic rings. The van der Waals surface area contributed by atoms with Crippen molar-refractivity contribution in [2.75, 3.05) is 5.73 Å². The summed E-state index contributed by atoms with van der Waals surface area (Å²) in [6.07, 6.45) is 0. The van der Waals surface area contributed by atoms with Crippen molar-refractivity contribution in [3.8, 4) is 28.7 Å². The van der Waals surface area contributed by atoms with Crippen LogP contribution in [-0.2, 0) is 0 Å². The Hall–Kier alpha value is -3.66. The molecule has 2 N–H and O–H groups in total. The van der Waals surface area contributed by atoms with Crippen LogP contribution in [0.3, 0.4) is 0 Å². The first-order valence-electron chi connectivity index (χ1n) is 7.02. The Morgan fingerprint density at radius 3 is 2.50 bits per heavy atom. The van der Waals surface area contributed by atoms with Crippen molar-refractivity contribution in [3.63, 3.8) is 0 Å². The maximum absolute atomic E-state index is 10.8. The van der Waals surface area contributed by atoms with Gasteiger partial charge < -0.3 is 10.2 Å². The number of aromatic nitrogens is 1. The first kappa shape index (κ1) is 15.2. The van der Waals surface area contributed by atoms with Crippen molar-refractivity contribution in [3.05, 3.63) is 63.9 Å². The van der Waals surface area contributed by atoms with Gasteiger partial charge in [-0.15, -0.1) is 0 Å². The zero-order valence-electron chi connectivity index (χ0n) is 12.7. The number of furan rings is 1. The van der Waals surface area contributed by atoms with Gasteiger partial charge in [0.15, 0.2) is 5.76 Å². The van der Waals surface area contributed by atoms with Gasteiger partial charge in [-0.25, -0.2) is 4.98 Å². The number of anilines is 1. The number of non-ortho nitro benzene ring substituents is 1. The van der Waals surface area contributed by atoms with Crippen LogP contribution in [0, 0.1) is 28.4 Å². The van der Waals surface area contributed by atoms with Gasteiger partial charge in [0, 0.05) is 17.7 Å². The SMILES string of the molecule is Cc1ccc(-c2cc(-c3ccc([N+](=O)[O-])cc3)c(C#N)c(N)n2)o1. The molecule has 7 heteroatoms. The van der Waals surface area contributed by atoms with Gasteiger partial charge in [-0.2, -0.15) is 5.26 Å². The lowest BCUT2D eigenvalue weighted by atomic mass is 9.99. The molecule has 0 fully saturated rings. The second kappa shape index (κ2) is 5.85. The number of nitrogen functional groups attached to an aromatic ring is 1. The first-order chi connectivity index (χ1) is 11.5. The molecule has 118 valence electrons. The average Bonchev–Trinajstić information content (AvgIpc) is 3.00. The van der Waals surface area contributed by atoms with Gasteiger partial charge in [0.25, 0.3) is 5.69 Å². The Labute approximate surface area is 137 Å². The number of rotatable bonds is 3. The molecule has 0 aliphatic carbocycles. The molecule has 7 nitrogen and oxygen atoms in total. The van der Waals surface area contributed by atoms with Crippen molar-refractivity contribution in [1.82, 2.24) is 4.98 Å². The van der Waals surface area contributed by atoms with Gasteiger partial charge >= 0.3 is 0 Å². The molecule has 0 atom stereocenters. The number of nitro groups is 1. The average molecular weight is 320 g/mol. The number of hydrogen-bond donors (Lipinski definition) is 1. The number of nitro benzene ring substituents is 1. The van der Waals surface area contributed by atoms with Gasteiger partial charge in [0.05, 0.1) is 4.92 Å². The fourth-order valence-electron chi connectivity index (χ4n) is 2.37. The summed E-state index contributed by atoms with van der Waals surface area (Å²) < 4.78 is 5.55. The summed E-state index contributed by atoms with van der Waals surface area (Å²) in [6.45, 7) is 1.81. The number of hydrogen-bond acceptors (Lipinski definition) is 6. The van der Waals surface area contributed by atoms with E-state index in [1.807, 2.05) is 13.0 Å². The van der Waals surface area contributed by atoms with Crippen LogP contribution >= 0.6 is 0 Å². The number of nitrogens with zero attached hydrogens (tertiary/aromatic N) is 3. The van der Waals surface area contributed by atoms with Crippen molar-refractivity contribution < 1.29 is 9.34 Å². The van der Waals surface area contributed by atoms with Crippen LogP contribution in [0.15, 0.2) is 46.9 Å². The molecule has 0 bridgehead atoms. The van der Waals surface area contributed by atoms with E-state index in [4.69, 9.17) is 10.2 Å². The third kappa shape index (κ3) is 2.68. The fourth-order valence-corrected chi connectivity index (χ4v) is 2.37. The number of nitriles is 1. The van der Waals surface area contributed by atoms with Crippen LogP contribution in [0.25, 0.3) is 22.6 Å². The Balaban J connectivity index is 2.16. The fraction of sp³-hybridized carbons (Fsp3) is 0.0588. The highest BCUT2D eigenvalue weighted by Crippen LogP contribution is 2.32. The Morgan fingerprint density at radius 1 is 1.25 bits per heavy atom. The quantitative estimate of drug-likeness (QED) is 0.580. The van der Waals surface area contributed by atoms with E-state index < -0.39 is 4.92 Å². The molecular formula is C17H12N4O3. The largest absolute Gasteiger partial charge is 0.460 e. The van der Waals surface area contributed by atoms with Crippen LogP contribution in [0.4, 0.5) is 11.5 Å². The Kier molecular flexibility index (Phi) is 3.72.